The number of carbonyl (C=O) groups excluding carboxylic acids is 1. The highest BCUT2D eigenvalue weighted by Gasteiger charge is 2.14. The van der Waals surface area contributed by atoms with Crippen LogP contribution in [-0.4, -0.2) is 34.0 Å². The van der Waals surface area contributed by atoms with E-state index in [0.29, 0.717) is 29.3 Å². The van der Waals surface area contributed by atoms with Gasteiger partial charge in [0.15, 0.2) is 11.6 Å². The molecule has 0 unspecified atom stereocenters. The van der Waals surface area contributed by atoms with Crippen molar-refractivity contribution < 1.29 is 4.79 Å². The topological polar surface area (TPSA) is 115 Å². The maximum atomic E-state index is 13.0. The number of benzene rings is 1. The summed E-state index contributed by atoms with van der Waals surface area (Å²) in [5.74, 6) is 0.421. The fourth-order valence-corrected chi connectivity index (χ4v) is 2.97. The van der Waals surface area contributed by atoms with Crippen LogP contribution in [0, 0.1) is 6.92 Å². The lowest BCUT2D eigenvalue weighted by atomic mass is 10.1. The first-order valence-corrected chi connectivity index (χ1v) is 9.31. The number of carbonyl (C=O) groups is 1. The smallest absolute Gasteiger partial charge is 0.299 e. The maximum absolute atomic E-state index is 13.0. The van der Waals surface area contributed by atoms with Crippen molar-refractivity contribution in [2.45, 2.75) is 19.8 Å². The van der Waals surface area contributed by atoms with Gasteiger partial charge in [-0.2, -0.15) is 0 Å². The van der Waals surface area contributed by atoms with Gasteiger partial charge in [-0.25, -0.2) is 9.97 Å². The number of amides is 1. The van der Waals surface area contributed by atoms with E-state index in [-0.39, 0.29) is 23.7 Å². The second-order valence-corrected chi connectivity index (χ2v) is 6.66. The number of nitrogens with zero attached hydrogens (tertiary/aromatic N) is 3. The third-order valence-corrected chi connectivity index (χ3v) is 4.49. The zero-order valence-corrected chi connectivity index (χ0v) is 16.5. The summed E-state index contributed by atoms with van der Waals surface area (Å²) in [7, 11) is 1.57. The molecule has 0 radical (unpaired) electrons. The summed E-state index contributed by atoms with van der Waals surface area (Å²) in [5.41, 5.74) is 8.59. The molecule has 8 heteroatoms. The van der Waals surface area contributed by atoms with Crippen molar-refractivity contribution in [3.63, 3.8) is 0 Å². The Morgan fingerprint density at radius 2 is 1.90 bits per heavy atom. The normalized spacial score (nSPS) is 10.6. The Balaban J connectivity index is 1.83. The van der Waals surface area contributed by atoms with Crippen LogP contribution < -0.4 is 21.9 Å². The number of nitrogens with two attached hydrogens (primary N) is 1. The van der Waals surface area contributed by atoms with E-state index in [1.54, 1.807) is 32.4 Å². The van der Waals surface area contributed by atoms with Gasteiger partial charge in [0.1, 0.15) is 0 Å². The molecule has 0 aliphatic carbocycles. The van der Waals surface area contributed by atoms with Crippen LogP contribution in [0.15, 0.2) is 53.6 Å². The van der Waals surface area contributed by atoms with Gasteiger partial charge in [-0.05, 0) is 30.5 Å². The fraction of sp³-hybridized carbons (Fsp3) is 0.238. The lowest BCUT2D eigenvalue weighted by molar-refractivity contribution is -0.119. The highest BCUT2D eigenvalue weighted by Crippen LogP contribution is 2.17. The van der Waals surface area contributed by atoms with Crippen LogP contribution in [0.1, 0.15) is 16.8 Å². The van der Waals surface area contributed by atoms with Crippen LogP contribution in [0.3, 0.4) is 0 Å². The zero-order chi connectivity index (χ0) is 20.8. The third-order valence-electron chi connectivity index (χ3n) is 4.49. The molecule has 8 nitrogen and oxygen atoms in total. The summed E-state index contributed by atoms with van der Waals surface area (Å²) >= 11 is 0. The molecular weight excluding hydrogens is 368 g/mol. The molecule has 3 rings (SSSR count). The van der Waals surface area contributed by atoms with Crippen molar-refractivity contribution in [3.8, 4) is 5.82 Å². The lowest BCUT2D eigenvalue weighted by Gasteiger charge is -2.14. The molecule has 0 saturated carbocycles. The first-order valence-electron chi connectivity index (χ1n) is 9.31. The van der Waals surface area contributed by atoms with Crippen molar-refractivity contribution in [3.05, 3.63) is 76.0 Å². The summed E-state index contributed by atoms with van der Waals surface area (Å²) in [6.45, 7) is 2.34. The Morgan fingerprint density at radius 1 is 1.14 bits per heavy atom. The molecule has 1 aromatic carbocycles. The van der Waals surface area contributed by atoms with Crippen LogP contribution in [0.4, 0.5) is 11.5 Å². The molecule has 0 saturated heterocycles. The van der Waals surface area contributed by atoms with Gasteiger partial charge in [0, 0.05) is 31.7 Å². The summed E-state index contributed by atoms with van der Waals surface area (Å²) in [6.07, 6.45) is 4.09. The lowest BCUT2D eigenvalue weighted by Crippen LogP contribution is -2.27. The standard InChI is InChI=1S/C21H24N6O2/c1-14-12-25-19(24-9-8-15-6-4-3-5-7-15)21(29)27(14)20-17(22)10-16(13-26-20)11-18(28)23-2/h3-7,10,12-13H,8-9,11,22H2,1-2H3,(H,23,28)(H,24,25). The Bertz CT molecular complexity index is 1060. The molecule has 4 N–H and O–H groups in total. The molecule has 2 heterocycles. The number of hydrogen-bond donors (Lipinski definition) is 3. The average molecular weight is 392 g/mol. The van der Waals surface area contributed by atoms with Gasteiger partial charge >= 0.3 is 0 Å². The van der Waals surface area contributed by atoms with Gasteiger partial charge in [0.05, 0.1) is 12.1 Å². The Labute approximate surface area is 168 Å². The number of nitrogen functional groups attached to an aromatic ring is 1. The third kappa shape index (κ3) is 4.78. The summed E-state index contributed by atoms with van der Waals surface area (Å²) < 4.78 is 1.43. The second-order valence-electron chi connectivity index (χ2n) is 6.66. The minimum absolute atomic E-state index is 0.138. The van der Waals surface area contributed by atoms with Gasteiger partial charge in [-0.1, -0.05) is 30.3 Å². The molecule has 0 aliphatic heterocycles. The van der Waals surface area contributed by atoms with E-state index in [4.69, 9.17) is 5.73 Å². The maximum Gasteiger partial charge on any atom is 0.299 e. The molecule has 2 aromatic heterocycles. The predicted molar refractivity (Wildman–Crippen MR) is 113 cm³/mol. The van der Waals surface area contributed by atoms with E-state index in [1.807, 2.05) is 30.3 Å². The molecule has 29 heavy (non-hydrogen) atoms. The Morgan fingerprint density at radius 3 is 2.59 bits per heavy atom. The minimum Gasteiger partial charge on any atom is -0.396 e. The molecule has 0 bridgehead atoms. The molecule has 0 atom stereocenters. The Hall–Kier alpha value is -3.68. The highest BCUT2D eigenvalue weighted by molar-refractivity contribution is 5.78. The second kappa shape index (κ2) is 9.01. The van der Waals surface area contributed by atoms with Crippen LogP contribution in [0.2, 0.25) is 0 Å². The van der Waals surface area contributed by atoms with E-state index < -0.39 is 0 Å². The van der Waals surface area contributed by atoms with Crippen molar-refractivity contribution in [1.82, 2.24) is 19.9 Å². The molecule has 3 aromatic rings. The van der Waals surface area contributed by atoms with E-state index in [0.717, 1.165) is 6.42 Å². The van der Waals surface area contributed by atoms with Crippen molar-refractivity contribution in [2.24, 2.45) is 0 Å². The number of hydrogen-bond acceptors (Lipinski definition) is 6. The van der Waals surface area contributed by atoms with Crippen molar-refractivity contribution >= 4 is 17.4 Å². The van der Waals surface area contributed by atoms with E-state index in [1.165, 1.54) is 10.1 Å². The van der Waals surface area contributed by atoms with Crippen molar-refractivity contribution in [1.29, 1.82) is 0 Å². The number of nitrogens with one attached hydrogen (secondary N) is 2. The van der Waals surface area contributed by atoms with E-state index in [9.17, 15) is 9.59 Å². The quantitative estimate of drug-likeness (QED) is 0.561. The van der Waals surface area contributed by atoms with Gasteiger partial charge in [-0.15, -0.1) is 0 Å². The van der Waals surface area contributed by atoms with E-state index in [2.05, 4.69) is 20.6 Å². The number of rotatable bonds is 7. The monoisotopic (exact) mass is 392 g/mol. The number of pyridine rings is 1. The fourth-order valence-electron chi connectivity index (χ4n) is 2.97. The van der Waals surface area contributed by atoms with Crippen molar-refractivity contribution in [2.75, 3.05) is 24.6 Å². The first-order chi connectivity index (χ1) is 14.0. The van der Waals surface area contributed by atoms with Crippen LogP contribution >= 0.6 is 0 Å². The number of aromatic nitrogens is 3. The molecule has 0 fully saturated rings. The van der Waals surface area contributed by atoms with Gasteiger partial charge in [-0.3, -0.25) is 14.2 Å². The molecule has 1 amide bonds. The number of anilines is 2. The minimum atomic E-state index is -0.323. The van der Waals surface area contributed by atoms with Gasteiger partial charge in [0.2, 0.25) is 5.91 Å². The largest absolute Gasteiger partial charge is 0.396 e. The molecule has 0 aliphatic rings. The molecule has 150 valence electrons. The van der Waals surface area contributed by atoms with Crippen LogP contribution in [0.25, 0.3) is 5.82 Å². The summed E-state index contributed by atoms with van der Waals surface area (Å²) in [6, 6.07) is 11.7. The zero-order valence-electron chi connectivity index (χ0n) is 16.5. The first kappa shape index (κ1) is 20.1. The SMILES string of the molecule is CNC(=O)Cc1cnc(-n2c(C)cnc(NCCc3ccccc3)c2=O)c(N)c1. The van der Waals surface area contributed by atoms with Crippen LogP contribution in [-0.2, 0) is 17.6 Å². The summed E-state index contributed by atoms with van der Waals surface area (Å²) in [5, 5.41) is 5.65. The average Bonchev–Trinajstić information content (AvgIpc) is 2.72. The van der Waals surface area contributed by atoms with E-state index >= 15 is 0 Å². The number of likely N-dealkylation sites (N-methyl/N-ethyl adjacent to an activating group) is 1. The highest BCUT2D eigenvalue weighted by atomic mass is 16.1. The van der Waals surface area contributed by atoms with Gasteiger partial charge < -0.3 is 16.4 Å². The molecule has 0 spiro atoms. The van der Waals surface area contributed by atoms with Gasteiger partial charge in [0.25, 0.3) is 5.56 Å². The number of aryl methyl sites for hydroxylation is 1. The van der Waals surface area contributed by atoms with Crippen LogP contribution in [0.5, 0.6) is 0 Å². The molecular formula is C21H24N6O2. The predicted octanol–water partition coefficient (Wildman–Crippen LogP) is 1.46. The Kier molecular flexibility index (Phi) is 6.23. The summed E-state index contributed by atoms with van der Waals surface area (Å²) in [4.78, 5) is 33.1.